The van der Waals surface area contributed by atoms with Crippen LogP contribution in [-0.2, 0) is 0 Å². The first-order valence-corrected chi connectivity index (χ1v) is 14.4. The van der Waals surface area contributed by atoms with E-state index in [1.807, 2.05) is 11.3 Å². The number of hydrogen-bond acceptors (Lipinski definition) is 2. The molecule has 0 bridgehead atoms. The van der Waals surface area contributed by atoms with Gasteiger partial charge in [-0.2, -0.15) is 0 Å². The average Bonchev–Trinajstić information content (AvgIpc) is 3.58. The van der Waals surface area contributed by atoms with Crippen LogP contribution in [0.1, 0.15) is 0 Å². The van der Waals surface area contributed by atoms with Gasteiger partial charge < -0.3 is 4.42 Å². The van der Waals surface area contributed by atoms with E-state index in [9.17, 15) is 0 Å². The smallest absolute Gasteiger partial charge is 0.144 e. The molecule has 40 heavy (non-hydrogen) atoms. The van der Waals surface area contributed by atoms with E-state index in [0.717, 1.165) is 16.6 Å². The second-order valence-electron chi connectivity index (χ2n) is 10.4. The van der Waals surface area contributed by atoms with E-state index in [4.69, 9.17) is 4.42 Å². The summed E-state index contributed by atoms with van der Waals surface area (Å²) < 4.78 is 9.43. The second kappa shape index (κ2) is 8.29. The number of hydrogen-bond donors (Lipinski definition) is 0. The third kappa shape index (κ3) is 3.03. The average molecular weight is 527 g/mol. The lowest BCUT2D eigenvalue weighted by Gasteiger charge is -2.15. The quantitative estimate of drug-likeness (QED) is 0.218. The maximum atomic E-state index is 6.82. The summed E-state index contributed by atoms with van der Waals surface area (Å²) in [5, 5.41) is 9.87. The van der Waals surface area contributed by atoms with Crippen molar-refractivity contribution in [1.29, 1.82) is 0 Å². The van der Waals surface area contributed by atoms with Crippen LogP contribution in [0.15, 0.2) is 138 Å². The van der Waals surface area contributed by atoms with Crippen LogP contribution in [0.25, 0.3) is 85.9 Å². The normalized spacial score (nSPS) is 12.0. The van der Waals surface area contributed by atoms with Crippen LogP contribution in [0.4, 0.5) is 0 Å². The zero-order chi connectivity index (χ0) is 26.2. The molecular weight excluding hydrogens is 504 g/mol. The molecule has 186 valence electrons. The highest BCUT2D eigenvalue weighted by Crippen LogP contribution is 2.50. The Morgan fingerprint density at radius 2 is 1.15 bits per heavy atom. The van der Waals surface area contributed by atoms with E-state index >= 15 is 0 Å². The summed E-state index contributed by atoms with van der Waals surface area (Å²) in [6, 6.07) is 48.1. The van der Waals surface area contributed by atoms with Crippen LogP contribution >= 0.6 is 11.3 Å². The van der Waals surface area contributed by atoms with Gasteiger partial charge in [0.1, 0.15) is 11.2 Å². The maximum absolute atomic E-state index is 6.82. The van der Waals surface area contributed by atoms with Gasteiger partial charge in [-0.15, -0.1) is 11.3 Å². The van der Waals surface area contributed by atoms with E-state index in [1.54, 1.807) is 0 Å². The summed E-state index contributed by atoms with van der Waals surface area (Å²) in [6.07, 6.45) is 0. The Bertz CT molecular complexity index is 2440. The van der Waals surface area contributed by atoms with Crippen molar-refractivity contribution in [2.24, 2.45) is 0 Å². The molecule has 0 aliphatic rings. The highest BCUT2D eigenvalue weighted by molar-refractivity contribution is 7.26. The molecule has 0 spiro atoms. The first-order chi connectivity index (χ1) is 19.8. The van der Waals surface area contributed by atoms with Gasteiger partial charge in [-0.3, -0.25) is 0 Å². The minimum absolute atomic E-state index is 0.916. The number of rotatable bonds is 2. The molecule has 9 aromatic rings. The Kier molecular flexibility index (Phi) is 4.55. The van der Waals surface area contributed by atoms with E-state index in [1.165, 1.54) is 69.4 Å². The molecule has 0 fully saturated rings. The molecule has 0 radical (unpaired) electrons. The molecule has 0 aliphatic heterocycles. The number of benzene rings is 7. The van der Waals surface area contributed by atoms with E-state index in [-0.39, 0.29) is 0 Å². The molecule has 2 heterocycles. The Morgan fingerprint density at radius 3 is 2.02 bits per heavy atom. The lowest BCUT2D eigenvalue weighted by atomic mass is 9.87. The minimum atomic E-state index is 0.916. The van der Waals surface area contributed by atoms with Crippen molar-refractivity contribution in [3.63, 3.8) is 0 Å². The fraction of sp³-hybridized carbons (Fsp3) is 0. The van der Waals surface area contributed by atoms with Crippen LogP contribution in [-0.4, -0.2) is 0 Å². The number of thiophene rings is 1. The molecule has 0 unspecified atom stereocenters. The highest BCUT2D eigenvalue weighted by atomic mass is 32.1. The summed E-state index contributed by atoms with van der Waals surface area (Å²) in [4.78, 5) is 0. The predicted octanol–water partition coefficient (Wildman–Crippen LogP) is 11.6. The summed E-state index contributed by atoms with van der Waals surface area (Å²) in [6.45, 7) is 0. The van der Waals surface area contributed by atoms with Gasteiger partial charge in [0.2, 0.25) is 0 Å². The van der Waals surface area contributed by atoms with Gasteiger partial charge in [-0.05, 0) is 45.3 Å². The number of furan rings is 1. The highest BCUT2D eigenvalue weighted by Gasteiger charge is 2.23. The lowest BCUT2D eigenvalue weighted by Crippen LogP contribution is -1.89. The van der Waals surface area contributed by atoms with Crippen LogP contribution in [0.5, 0.6) is 0 Å². The molecular formula is C38H22OS. The zero-order valence-corrected chi connectivity index (χ0v) is 22.3. The summed E-state index contributed by atoms with van der Waals surface area (Å²) in [7, 11) is 0. The predicted molar refractivity (Wildman–Crippen MR) is 172 cm³/mol. The summed E-state index contributed by atoms with van der Waals surface area (Å²) in [5.74, 6) is 0. The molecule has 0 saturated heterocycles. The van der Waals surface area contributed by atoms with Crippen molar-refractivity contribution < 1.29 is 4.42 Å². The lowest BCUT2D eigenvalue weighted by molar-refractivity contribution is 0.670. The maximum Gasteiger partial charge on any atom is 0.144 e. The number of para-hydroxylation sites is 1. The van der Waals surface area contributed by atoms with Gasteiger partial charge >= 0.3 is 0 Å². The molecule has 7 aromatic carbocycles. The first-order valence-electron chi connectivity index (χ1n) is 13.6. The molecule has 1 nitrogen and oxygen atoms in total. The Hall–Kier alpha value is -4.92. The molecule has 9 rings (SSSR count). The SMILES string of the molecule is c1ccc2cc(-c3c4ccccc4c(-c4cccc5c4sc4ccccc45)c4oc5ccccc5c34)ccc2c1. The molecule has 2 heteroatoms. The second-order valence-corrected chi connectivity index (χ2v) is 11.5. The van der Waals surface area contributed by atoms with Gasteiger partial charge in [0.05, 0.1) is 0 Å². The van der Waals surface area contributed by atoms with Gasteiger partial charge in [0, 0.05) is 47.6 Å². The third-order valence-corrected chi connectivity index (χ3v) is 9.47. The molecule has 0 amide bonds. The zero-order valence-electron chi connectivity index (χ0n) is 21.5. The summed E-state index contributed by atoms with van der Waals surface area (Å²) in [5.41, 5.74) is 6.70. The van der Waals surface area contributed by atoms with E-state index < -0.39 is 0 Å². The van der Waals surface area contributed by atoms with Crippen molar-refractivity contribution in [2.75, 3.05) is 0 Å². The Morgan fingerprint density at radius 1 is 0.475 bits per heavy atom. The third-order valence-electron chi connectivity index (χ3n) is 8.25. The molecule has 0 saturated carbocycles. The monoisotopic (exact) mass is 526 g/mol. The fourth-order valence-electron chi connectivity index (χ4n) is 6.50. The van der Waals surface area contributed by atoms with Gasteiger partial charge in [0.15, 0.2) is 0 Å². The van der Waals surface area contributed by atoms with E-state index in [0.29, 0.717) is 0 Å². The van der Waals surface area contributed by atoms with Crippen molar-refractivity contribution in [2.45, 2.75) is 0 Å². The molecule has 0 N–H and O–H groups in total. The molecule has 0 aliphatic carbocycles. The molecule has 0 atom stereocenters. The van der Waals surface area contributed by atoms with Crippen molar-refractivity contribution in [1.82, 2.24) is 0 Å². The Balaban J connectivity index is 1.50. The Labute approximate surface area is 234 Å². The standard InChI is InChI=1S/C38H22OS/c1-2-11-24-22-25(21-20-23(24)10-1)34-27-13-3-4-14-28(27)35(37-36(34)30-15-5-7-18-32(30)39-37)31-17-9-16-29-26-12-6-8-19-33(26)40-38(29)31/h1-22H. The van der Waals surface area contributed by atoms with Crippen molar-refractivity contribution in [3.8, 4) is 22.3 Å². The van der Waals surface area contributed by atoms with Crippen LogP contribution in [0.3, 0.4) is 0 Å². The largest absolute Gasteiger partial charge is 0.455 e. The topological polar surface area (TPSA) is 13.1 Å². The van der Waals surface area contributed by atoms with Gasteiger partial charge in [0.25, 0.3) is 0 Å². The van der Waals surface area contributed by atoms with Gasteiger partial charge in [-0.1, -0.05) is 115 Å². The van der Waals surface area contributed by atoms with Gasteiger partial charge in [-0.25, -0.2) is 0 Å². The van der Waals surface area contributed by atoms with Crippen LogP contribution in [0, 0.1) is 0 Å². The van der Waals surface area contributed by atoms with Crippen molar-refractivity contribution in [3.05, 3.63) is 133 Å². The van der Waals surface area contributed by atoms with E-state index in [2.05, 4.69) is 133 Å². The van der Waals surface area contributed by atoms with Crippen molar-refractivity contribution >= 4 is 75.0 Å². The minimum Gasteiger partial charge on any atom is -0.455 e. The number of fused-ring (bicyclic) bond motifs is 8. The van der Waals surface area contributed by atoms with Crippen LogP contribution < -0.4 is 0 Å². The first kappa shape index (κ1) is 22.0. The fourth-order valence-corrected chi connectivity index (χ4v) is 7.72. The van der Waals surface area contributed by atoms with Crippen LogP contribution in [0.2, 0.25) is 0 Å². The molecule has 2 aromatic heterocycles. The summed E-state index contributed by atoms with van der Waals surface area (Å²) >= 11 is 1.87.